The van der Waals surface area contributed by atoms with Crippen molar-refractivity contribution in [2.75, 3.05) is 32.8 Å². The third kappa shape index (κ3) is 4.77. The van der Waals surface area contributed by atoms with Crippen molar-refractivity contribution in [1.29, 1.82) is 0 Å². The van der Waals surface area contributed by atoms with E-state index >= 15 is 0 Å². The molecule has 4 aromatic heterocycles. The molecule has 3 N–H and O–H groups in total. The monoisotopic (exact) mass is 518 g/mol. The number of pyridine rings is 1. The number of aromatic nitrogens is 7. The summed E-state index contributed by atoms with van der Waals surface area (Å²) in [6, 6.07) is 5.06. The summed E-state index contributed by atoms with van der Waals surface area (Å²) in [7, 11) is 4.98. The summed E-state index contributed by atoms with van der Waals surface area (Å²) in [5.41, 5.74) is 3.07. The van der Waals surface area contributed by atoms with E-state index in [2.05, 4.69) is 44.2 Å². The number of fused-ring (bicyclic) bond motifs is 2. The summed E-state index contributed by atoms with van der Waals surface area (Å²) in [6.07, 6.45) is 5.17. The Morgan fingerprint density at radius 3 is 2.55 bits per heavy atom. The minimum absolute atomic E-state index is 0.107. The molecule has 12 nitrogen and oxygen atoms in total. The molecule has 1 atom stereocenters. The van der Waals surface area contributed by atoms with Crippen LogP contribution < -0.4 is 20.3 Å². The van der Waals surface area contributed by atoms with E-state index in [9.17, 15) is 4.79 Å². The van der Waals surface area contributed by atoms with Crippen LogP contribution in [0, 0.1) is 5.92 Å². The number of ether oxygens (including phenoxy) is 3. The number of nitrogens with one attached hydrogen (secondary N) is 3. The van der Waals surface area contributed by atoms with E-state index in [0.717, 1.165) is 0 Å². The van der Waals surface area contributed by atoms with E-state index in [1.54, 1.807) is 62.7 Å². The molecule has 5 rings (SSSR count). The lowest BCUT2D eigenvalue weighted by molar-refractivity contribution is 0.144. The molecular formula is C26H30N8O4. The van der Waals surface area contributed by atoms with Gasteiger partial charge in [-0.3, -0.25) is 9.48 Å². The molecule has 0 aliphatic heterocycles. The fourth-order valence-corrected chi connectivity index (χ4v) is 4.35. The molecule has 0 saturated carbocycles. The zero-order valence-corrected chi connectivity index (χ0v) is 21.9. The summed E-state index contributed by atoms with van der Waals surface area (Å²) in [5.74, 6) is 2.17. The third-order valence-corrected chi connectivity index (χ3v) is 6.17. The largest absolute Gasteiger partial charge is 0.493 e. The number of H-pyrrole nitrogens is 2. The number of imidazole rings is 1. The van der Waals surface area contributed by atoms with Gasteiger partial charge in [-0.2, -0.15) is 5.10 Å². The van der Waals surface area contributed by atoms with Crippen LogP contribution in [0.1, 0.15) is 25.7 Å². The van der Waals surface area contributed by atoms with Crippen molar-refractivity contribution in [1.82, 2.24) is 34.7 Å². The number of rotatable bonds is 10. The van der Waals surface area contributed by atoms with Crippen LogP contribution in [0.15, 0.2) is 41.6 Å². The van der Waals surface area contributed by atoms with Gasteiger partial charge < -0.3 is 29.5 Å². The lowest BCUT2D eigenvalue weighted by atomic mass is 10.0. The van der Waals surface area contributed by atoms with Gasteiger partial charge in [0.1, 0.15) is 23.5 Å². The van der Waals surface area contributed by atoms with Crippen LogP contribution in [0.25, 0.3) is 33.5 Å². The summed E-state index contributed by atoms with van der Waals surface area (Å²) in [6.45, 7) is 4.93. The molecule has 0 radical (unpaired) electrons. The molecule has 0 saturated heterocycles. The van der Waals surface area contributed by atoms with Crippen molar-refractivity contribution < 1.29 is 14.2 Å². The SMILES string of the molecule is COCCOc1cc2[nH]c(-c3c(NC(c4ncccn4)C(C)C)c4nn(C)cc4[nH]c3=O)nc2cc1OC. The Morgan fingerprint density at radius 1 is 1.05 bits per heavy atom. The topological polar surface area (TPSA) is 145 Å². The van der Waals surface area contributed by atoms with Crippen LogP contribution in [0.4, 0.5) is 5.69 Å². The normalized spacial score (nSPS) is 12.4. The Kier molecular flexibility index (Phi) is 6.97. The second-order valence-electron chi connectivity index (χ2n) is 9.19. The van der Waals surface area contributed by atoms with Gasteiger partial charge in [0.05, 0.1) is 42.0 Å². The molecule has 0 aliphatic rings. The lowest BCUT2D eigenvalue weighted by Crippen LogP contribution is -2.22. The third-order valence-electron chi connectivity index (χ3n) is 6.17. The molecule has 12 heteroatoms. The fourth-order valence-electron chi connectivity index (χ4n) is 4.35. The molecule has 0 fully saturated rings. The highest BCUT2D eigenvalue weighted by Crippen LogP contribution is 2.36. The molecule has 0 aliphatic carbocycles. The average Bonchev–Trinajstić information content (AvgIpc) is 3.48. The van der Waals surface area contributed by atoms with Gasteiger partial charge in [-0.15, -0.1) is 0 Å². The second kappa shape index (κ2) is 10.5. The quantitative estimate of drug-likeness (QED) is 0.237. The summed E-state index contributed by atoms with van der Waals surface area (Å²) in [5, 5.41) is 8.16. The van der Waals surface area contributed by atoms with Crippen LogP contribution in [-0.2, 0) is 11.8 Å². The predicted molar refractivity (Wildman–Crippen MR) is 144 cm³/mol. The lowest BCUT2D eigenvalue weighted by Gasteiger charge is -2.23. The maximum absolute atomic E-state index is 13.5. The zero-order valence-electron chi connectivity index (χ0n) is 21.9. The summed E-state index contributed by atoms with van der Waals surface area (Å²) >= 11 is 0. The van der Waals surface area contributed by atoms with Crippen LogP contribution in [-0.4, -0.2) is 62.1 Å². The van der Waals surface area contributed by atoms with Crippen molar-refractivity contribution in [3.63, 3.8) is 0 Å². The number of aryl methyl sites for hydroxylation is 1. The van der Waals surface area contributed by atoms with Crippen molar-refractivity contribution in [2.45, 2.75) is 19.9 Å². The standard InChI is InChI=1S/C26H30N8O4/c1-14(2)21(25-27-7-6-8-28-25)32-23-20(26(35)31-17-13-34(3)33-22(17)23)24-29-15-11-18(37-5)19(12-16(15)30-24)38-10-9-36-4/h6-8,11-14,21,32H,9-10H2,1-5H3,(H,29,30)(H,31,35). The first-order chi connectivity index (χ1) is 18.4. The summed E-state index contributed by atoms with van der Waals surface area (Å²) in [4.78, 5) is 33.4. The van der Waals surface area contributed by atoms with E-state index < -0.39 is 0 Å². The first kappa shape index (κ1) is 25.2. The fraction of sp³-hybridized carbons (Fsp3) is 0.346. The molecule has 0 spiro atoms. The first-order valence-electron chi connectivity index (χ1n) is 12.2. The number of aromatic amines is 2. The molecule has 1 aromatic carbocycles. The number of hydrogen-bond donors (Lipinski definition) is 3. The molecular weight excluding hydrogens is 488 g/mol. The minimum Gasteiger partial charge on any atom is -0.493 e. The first-order valence-corrected chi connectivity index (χ1v) is 12.2. The van der Waals surface area contributed by atoms with Crippen LogP contribution in [0.5, 0.6) is 11.5 Å². The van der Waals surface area contributed by atoms with E-state index in [-0.39, 0.29) is 17.5 Å². The molecule has 0 amide bonds. The van der Waals surface area contributed by atoms with Crippen molar-refractivity contribution in [2.24, 2.45) is 13.0 Å². The Balaban J connectivity index is 1.67. The van der Waals surface area contributed by atoms with E-state index in [4.69, 9.17) is 19.2 Å². The van der Waals surface area contributed by atoms with Crippen LogP contribution >= 0.6 is 0 Å². The molecule has 4 heterocycles. The number of methoxy groups -OCH3 is 2. The highest BCUT2D eigenvalue weighted by atomic mass is 16.5. The Hall–Kier alpha value is -4.45. The molecule has 198 valence electrons. The van der Waals surface area contributed by atoms with Gasteiger partial charge in [-0.25, -0.2) is 15.0 Å². The van der Waals surface area contributed by atoms with Gasteiger partial charge in [-0.1, -0.05) is 13.8 Å². The number of benzene rings is 1. The van der Waals surface area contributed by atoms with Gasteiger partial charge in [0.15, 0.2) is 17.3 Å². The Labute approximate surface area is 218 Å². The van der Waals surface area contributed by atoms with Gasteiger partial charge in [0.2, 0.25) is 0 Å². The second-order valence-corrected chi connectivity index (χ2v) is 9.19. The Bertz CT molecular complexity index is 1620. The highest BCUT2D eigenvalue weighted by molar-refractivity contribution is 5.96. The molecule has 1 unspecified atom stereocenters. The molecule has 38 heavy (non-hydrogen) atoms. The smallest absolute Gasteiger partial charge is 0.261 e. The van der Waals surface area contributed by atoms with Crippen LogP contribution in [0.3, 0.4) is 0 Å². The maximum Gasteiger partial charge on any atom is 0.261 e. The predicted octanol–water partition coefficient (Wildman–Crippen LogP) is 3.44. The van der Waals surface area contributed by atoms with Crippen molar-refractivity contribution in [3.8, 4) is 22.9 Å². The Morgan fingerprint density at radius 2 is 1.84 bits per heavy atom. The summed E-state index contributed by atoms with van der Waals surface area (Å²) < 4.78 is 18.1. The van der Waals surface area contributed by atoms with E-state index in [1.807, 2.05) is 0 Å². The van der Waals surface area contributed by atoms with Crippen LogP contribution in [0.2, 0.25) is 0 Å². The van der Waals surface area contributed by atoms with Gasteiger partial charge in [0, 0.05) is 44.9 Å². The van der Waals surface area contributed by atoms with Gasteiger partial charge >= 0.3 is 0 Å². The molecule has 5 aromatic rings. The maximum atomic E-state index is 13.5. The minimum atomic E-state index is -0.313. The van der Waals surface area contributed by atoms with E-state index in [0.29, 0.717) is 69.7 Å². The van der Waals surface area contributed by atoms with Crippen molar-refractivity contribution >= 4 is 27.8 Å². The van der Waals surface area contributed by atoms with E-state index in [1.165, 1.54) is 0 Å². The highest BCUT2D eigenvalue weighted by Gasteiger charge is 2.26. The van der Waals surface area contributed by atoms with Crippen molar-refractivity contribution in [3.05, 3.63) is 53.0 Å². The molecule has 0 bridgehead atoms. The average molecular weight is 519 g/mol. The van der Waals surface area contributed by atoms with Gasteiger partial charge in [0.25, 0.3) is 5.56 Å². The number of hydrogen-bond acceptors (Lipinski definition) is 9. The van der Waals surface area contributed by atoms with Gasteiger partial charge in [-0.05, 0) is 12.0 Å². The zero-order chi connectivity index (χ0) is 26.8. The number of nitrogens with zero attached hydrogens (tertiary/aromatic N) is 5. The number of anilines is 1.